The monoisotopic (exact) mass is 311 g/mol. The van der Waals surface area contributed by atoms with Gasteiger partial charge in [0.25, 0.3) is 0 Å². The third-order valence-electron chi connectivity index (χ3n) is 4.04. The molecule has 6 heteroatoms. The van der Waals surface area contributed by atoms with E-state index in [1.165, 1.54) is 18.3 Å². The molecule has 0 atom stereocenters. The standard InChI is InChI=1S/C15H21NO4S/c1-4-20-15(7-5-9(2)6-8-15)14-16-11(13(18)19)12(21-14)10(3)17/h9H,4-8H2,1-3H3,(H,18,19). The highest BCUT2D eigenvalue weighted by atomic mass is 32.1. The van der Waals surface area contributed by atoms with Gasteiger partial charge >= 0.3 is 5.97 Å². The van der Waals surface area contributed by atoms with Crippen LogP contribution in [0.15, 0.2) is 0 Å². The van der Waals surface area contributed by atoms with Gasteiger partial charge in [-0.05, 0) is 38.5 Å². The molecule has 0 bridgehead atoms. The lowest BCUT2D eigenvalue weighted by molar-refractivity contribution is -0.0776. The van der Waals surface area contributed by atoms with E-state index in [0.29, 0.717) is 17.5 Å². The fraction of sp³-hybridized carbons (Fsp3) is 0.667. The second-order valence-electron chi connectivity index (χ2n) is 5.67. The number of rotatable bonds is 5. The van der Waals surface area contributed by atoms with Crippen LogP contribution in [0.5, 0.6) is 0 Å². The summed E-state index contributed by atoms with van der Waals surface area (Å²) in [6.07, 6.45) is 3.70. The van der Waals surface area contributed by atoms with Gasteiger partial charge in [0.15, 0.2) is 11.5 Å². The van der Waals surface area contributed by atoms with Crippen LogP contribution in [-0.4, -0.2) is 28.4 Å². The number of carbonyl (C=O) groups is 2. The van der Waals surface area contributed by atoms with E-state index >= 15 is 0 Å². The lowest BCUT2D eigenvalue weighted by Gasteiger charge is -2.37. The Bertz CT molecular complexity index is 512. The van der Waals surface area contributed by atoms with Gasteiger partial charge in [0.1, 0.15) is 15.5 Å². The molecule has 5 nitrogen and oxygen atoms in total. The van der Waals surface area contributed by atoms with E-state index in [2.05, 4.69) is 11.9 Å². The Labute approximate surface area is 128 Å². The zero-order chi connectivity index (χ0) is 15.6. The first-order valence-electron chi connectivity index (χ1n) is 7.29. The second-order valence-corrected chi connectivity index (χ2v) is 6.67. The normalized spacial score (nSPS) is 25.8. The number of carboxylic acid groups (broad SMARTS) is 1. The van der Waals surface area contributed by atoms with Crippen molar-refractivity contribution in [2.24, 2.45) is 5.92 Å². The molecule has 0 amide bonds. The Morgan fingerprint density at radius 2 is 2.05 bits per heavy atom. The fourth-order valence-corrected chi connectivity index (χ4v) is 3.98. The van der Waals surface area contributed by atoms with Gasteiger partial charge in [0.05, 0.1) is 0 Å². The first-order valence-corrected chi connectivity index (χ1v) is 8.10. The van der Waals surface area contributed by atoms with Crippen molar-refractivity contribution in [3.05, 3.63) is 15.6 Å². The first kappa shape index (κ1) is 16.1. The SMILES string of the molecule is CCOC1(c2nc(C(=O)O)c(C(C)=O)s2)CCC(C)CC1. The molecule has 0 unspecified atom stereocenters. The number of hydrogen-bond donors (Lipinski definition) is 1. The number of Topliss-reactive ketones (excluding diaryl/α,β-unsaturated/α-hetero) is 1. The molecule has 0 aromatic carbocycles. The topological polar surface area (TPSA) is 76.5 Å². The van der Waals surface area contributed by atoms with E-state index in [-0.39, 0.29) is 16.4 Å². The molecule has 0 radical (unpaired) electrons. The highest BCUT2D eigenvalue weighted by Gasteiger charge is 2.40. The van der Waals surface area contributed by atoms with Crippen molar-refractivity contribution >= 4 is 23.1 Å². The number of carbonyl (C=O) groups excluding carboxylic acids is 1. The van der Waals surface area contributed by atoms with Gasteiger partial charge in [-0.1, -0.05) is 6.92 Å². The van der Waals surface area contributed by atoms with Crippen LogP contribution in [-0.2, 0) is 10.3 Å². The summed E-state index contributed by atoms with van der Waals surface area (Å²) in [5.74, 6) is -0.768. The molecule has 1 aromatic rings. The Hall–Kier alpha value is -1.27. The van der Waals surface area contributed by atoms with Crippen LogP contribution in [0.2, 0.25) is 0 Å². The molecule has 1 saturated carbocycles. The minimum atomic E-state index is -1.15. The van der Waals surface area contributed by atoms with Crippen LogP contribution < -0.4 is 0 Å². The molecular formula is C15H21NO4S. The molecule has 1 heterocycles. The summed E-state index contributed by atoms with van der Waals surface area (Å²) >= 11 is 1.18. The van der Waals surface area contributed by atoms with Crippen LogP contribution in [0.25, 0.3) is 0 Å². The number of thiazole rings is 1. The van der Waals surface area contributed by atoms with Gasteiger partial charge < -0.3 is 9.84 Å². The number of aromatic nitrogens is 1. The third-order valence-corrected chi connectivity index (χ3v) is 5.38. The van der Waals surface area contributed by atoms with Crippen molar-refractivity contribution in [2.75, 3.05) is 6.61 Å². The maximum Gasteiger partial charge on any atom is 0.356 e. The number of carboxylic acids is 1. The van der Waals surface area contributed by atoms with Gasteiger partial charge in [-0.15, -0.1) is 11.3 Å². The highest BCUT2D eigenvalue weighted by molar-refractivity contribution is 7.14. The van der Waals surface area contributed by atoms with Crippen molar-refractivity contribution in [2.45, 2.75) is 52.1 Å². The predicted octanol–water partition coefficient (Wildman–Crippen LogP) is 3.49. The molecule has 116 valence electrons. The lowest BCUT2D eigenvalue weighted by atomic mass is 9.79. The number of ketones is 1. The summed E-state index contributed by atoms with van der Waals surface area (Å²) < 4.78 is 5.98. The summed E-state index contributed by atoms with van der Waals surface area (Å²) in [5.41, 5.74) is -0.663. The van der Waals surface area contributed by atoms with Crippen molar-refractivity contribution in [1.82, 2.24) is 4.98 Å². The van der Waals surface area contributed by atoms with Crippen LogP contribution in [0.4, 0.5) is 0 Å². The maximum absolute atomic E-state index is 11.6. The van der Waals surface area contributed by atoms with Crippen LogP contribution in [0.1, 0.15) is 71.6 Å². The number of nitrogens with zero attached hydrogens (tertiary/aromatic N) is 1. The summed E-state index contributed by atoms with van der Waals surface area (Å²) in [5, 5.41) is 9.87. The molecule has 1 aromatic heterocycles. The van der Waals surface area contributed by atoms with Gasteiger partial charge in [-0.2, -0.15) is 0 Å². The van der Waals surface area contributed by atoms with Crippen LogP contribution in [0, 0.1) is 5.92 Å². The largest absolute Gasteiger partial charge is 0.476 e. The third kappa shape index (κ3) is 3.16. The molecule has 1 aliphatic rings. The van der Waals surface area contributed by atoms with Crippen molar-refractivity contribution in [3.8, 4) is 0 Å². The molecule has 1 aliphatic carbocycles. The summed E-state index contributed by atoms with van der Waals surface area (Å²) in [6, 6.07) is 0. The van der Waals surface area contributed by atoms with Crippen molar-refractivity contribution in [3.63, 3.8) is 0 Å². The highest BCUT2D eigenvalue weighted by Crippen LogP contribution is 2.44. The van der Waals surface area contributed by atoms with Crippen molar-refractivity contribution < 1.29 is 19.4 Å². The van der Waals surface area contributed by atoms with Gasteiger partial charge in [-0.25, -0.2) is 9.78 Å². The molecule has 0 saturated heterocycles. The van der Waals surface area contributed by atoms with E-state index in [1.807, 2.05) is 6.92 Å². The van der Waals surface area contributed by atoms with E-state index in [9.17, 15) is 14.7 Å². The molecule has 2 rings (SSSR count). The predicted molar refractivity (Wildman–Crippen MR) is 80.0 cm³/mol. The van der Waals surface area contributed by atoms with E-state index in [0.717, 1.165) is 25.7 Å². The summed E-state index contributed by atoms with van der Waals surface area (Å²) in [7, 11) is 0. The van der Waals surface area contributed by atoms with Crippen LogP contribution in [0.3, 0.4) is 0 Å². The Balaban J connectivity index is 2.44. The van der Waals surface area contributed by atoms with E-state index in [1.54, 1.807) is 0 Å². The van der Waals surface area contributed by atoms with Gasteiger partial charge in [0.2, 0.25) is 0 Å². The molecule has 1 fully saturated rings. The van der Waals surface area contributed by atoms with Gasteiger partial charge in [0, 0.05) is 13.5 Å². The Kier molecular flexibility index (Phi) is 4.78. The summed E-state index contributed by atoms with van der Waals surface area (Å²) in [4.78, 5) is 27.4. The number of ether oxygens (including phenoxy) is 1. The summed E-state index contributed by atoms with van der Waals surface area (Å²) in [6.45, 7) is 6.06. The first-order chi connectivity index (χ1) is 9.89. The van der Waals surface area contributed by atoms with Crippen molar-refractivity contribution in [1.29, 1.82) is 0 Å². The number of hydrogen-bond acceptors (Lipinski definition) is 5. The molecular weight excluding hydrogens is 290 g/mol. The lowest BCUT2D eigenvalue weighted by Crippen LogP contribution is -2.34. The van der Waals surface area contributed by atoms with Crippen LogP contribution >= 0.6 is 11.3 Å². The fourth-order valence-electron chi connectivity index (χ4n) is 2.82. The minimum Gasteiger partial charge on any atom is -0.476 e. The average molecular weight is 311 g/mol. The van der Waals surface area contributed by atoms with E-state index in [4.69, 9.17) is 4.74 Å². The second kappa shape index (κ2) is 6.23. The number of aromatic carboxylic acids is 1. The van der Waals surface area contributed by atoms with Gasteiger partial charge in [-0.3, -0.25) is 4.79 Å². The minimum absolute atomic E-state index is 0.139. The Morgan fingerprint density at radius 1 is 1.43 bits per heavy atom. The molecule has 21 heavy (non-hydrogen) atoms. The molecule has 0 spiro atoms. The zero-order valence-corrected chi connectivity index (χ0v) is 13.5. The quantitative estimate of drug-likeness (QED) is 0.842. The maximum atomic E-state index is 11.6. The smallest absolute Gasteiger partial charge is 0.356 e. The zero-order valence-electron chi connectivity index (χ0n) is 12.6. The van der Waals surface area contributed by atoms with E-state index < -0.39 is 11.6 Å². The molecule has 1 N–H and O–H groups in total. The average Bonchev–Trinajstić information content (AvgIpc) is 2.88. The molecule has 0 aliphatic heterocycles. The Morgan fingerprint density at radius 3 is 2.48 bits per heavy atom.